The number of thioether (sulfide) groups is 1. The highest BCUT2D eigenvalue weighted by atomic mass is 35.5. The summed E-state index contributed by atoms with van der Waals surface area (Å²) in [6.45, 7) is 3.87. The lowest BCUT2D eigenvalue weighted by Gasteiger charge is -2.13. The number of allylic oxidation sites excluding steroid dienone is 1. The lowest BCUT2D eigenvalue weighted by molar-refractivity contribution is -0.149. The van der Waals surface area contributed by atoms with Crippen LogP contribution in [0.25, 0.3) is 0 Å². The van der Waals surface area contributed by atoms with Crippen molar-refractivity contribution in [3.63, 3.8) is 0 Å². The number of oxime groups is 1. The number of carbonyl (C=O) groups is 3. The minimum Gasteiger partial charge on any atom is -0.457 e. The maximum atomic E-state index is 12.6. The van der Waals surface area contributed by atoms with Crippen molar-refractivity contribution >= 4 is 58.0 Å². The molecular formula is C29H32Cl2N4O6S. The number of ether oxygens (including phenoxy) is 2. The zero-order valence-corrected chi connectivity index (χ0v) is 26.3. The van der Waals surface area contributed by atoms with E-state index in [1.165, 1.54) is 11.9 Å². The molecule has 2 amide bonds. The van der Waals surface area contributed by atoms with Crippen LogP contribution in [0.5, 0.6) is 11.5 Å². The van der Waals surface area contributed by atoms with Gasteiger partial charge in [0.15, 0.2) is 0 Å². The Kier molecular flexibility index (Phi) is 13.2. The molecule has 0 bridgehead atoms. The van der Waals surface area contributed by atoms with Crippen molar-refractivity contribution < 1.29 is 28.7 Å². The topological polar surface area (TPSA) is 130 Å². The zero-order valence-electron chi connectivity index (χ0n) is 24.0. The molecule has 10 nitrogen and oxygen atoms in total. The molecule has 1 saturated carbocycles. The van der Waals surface area contributed by atoms with Crippen molar-refractivity contribution in [2.45, 2.75) is 20.0 Å². The number of nitrogens with zero attached hydrogens (tertiary/aromatic N) is 3. The van der Waals surface area contributed by atoms with E-state index in [1.54, 1.807) is 50.7 Å². The monoisotopic (exact) mass is 634 g/mol. The minimum atomic E-state index is -1.03. The molecule has 0 heterocycles. The van der Waals surface area contributed by atoms with Crippen LogP contribution in [-0.2, 0) is 19.2 Å². The number of nitriles is 1. The number of amides is 2. The van der Waals surface area contributed by atoms with Gasteiger partial charge in [0, 0.05) is 26.7 Å². The van der Waals surface area contributed by atoms with Crippen LogP contribution in [0.4, 0.5) is 4.79 Å². The van der Waals surface area contributed by atoms with Gasteiger partial charge in [-0.1, -0.05) is 72.5 Å². The average molecular weight is 636 g/mol. The summed E-state index contributed by atoms with van der Waals surface area (Å²) in [6.07, 6.45) is 1.58. The summed E-state index contributed by atoms with van der Waals surface area (Å²) in [6, 6.07) is 18.3. The molecule has 2 aromatic carbocycles. The van der Waals surface area contributed by atoms with Crippen molar-refractivity contribution in [2.24, 2.45) is 22.4 Å². The summed E-state index contributed by atoms with van der Waals surface area (Å²) in [7, 11) is 4.59. The Morgan fingerprint density at radius 1 is 1.12 bits per heavy atom. The van der Waals surface area contributed by atoms with E-state index in [0.717, 1.165) is 11.8 Å². The van der Waals surface area contributed by atoms with Gasteiger partial charge in [0.05, 0.1) is 5.92 Å². The van der Waals surface area contributed by atoms with E-state index in [2.05, 4.69) is 15.3 Å². The molecule has 1 N–H and O–H groups in total. The second-order valence-electron chi connectivity index (χ2n) is 9.64. The first-order valence-corrected chi connectivity index (χ1v) is 14.5. The Hall–Kier alpha value is -3.72. The second kappa shape index (κ2) is 16.1. The molecule has 0 aliphatic heterocycles. The molecule has 1 aliphatic rings. The van der Waals surface area contributed by atoms with Crippen LogP contribution in [0.2, 0.25) is 0 Å². The first-order valence-electron chi connectivity index (χ1n) is 12.5. The van der Waals surface area contributed by atoms with E-state index in [4.69, 9.17) is 32.7 Å². The Labute approximate surface area is 259 Å². The van der Waals surface area contributed by atoms with Crippen molar-refractivity contribution in [3.8, 4) is 17.6 Å². The normalized spacial score (nSPS) is 17.2. The van der Waals surface area contributed by atoms with Gasteiger partial charge in [-0.25, -0.2) is 4.79 Å². The predicted molar refractivity (Wildman–Crippen MR) is 163 cm³/mol. The Morgan fingerprint density at radius 2 is 1.76 bits per heavy atom. The molecule has 1 unspecified atom stereocenters. The van der Waals surface area contributed by atoms with E-state index in [-0.39, 0.29) is 32.7 Å². The van der Waals surface area contributed by atoms with Crippen molar-refractivity contribution in [2.75, 3.05) is 27.4 Å². The number of rotatable bonds is 7. The third-order valence-electron chi connectivity index (χ3n) is 6.16. The predicted octanol–water partition coefficient (Wildman–Crippen LogP) is 6.29. The van der Waals surface area contributed by atoms with Gasteiger partial charge >= 0.3 is 12.1 Å². The number of nitrogens with one attached hydrogen (secondary N) is 1. The summed E-state index contributed by atoms with van der Waals surface area (Å²) in [5, 5.41) is 15.3. The Morgan fingerprint density at radius 3 is 2.31 bits per heavy atom. The number of hydrogen-bond donors (Lipinski definition) is 1. The Balaban J connectivity index is 0.000000374. The number of carbonyl (C=O) groups excluding carboxylic acids is 3. The molecule has 3 rings (SSSR count). The molecule has 3 atom stereocenters. The molecule has 0 saturated heterocycles. The molecular weight excluding hydrogens is 603 g/mol. The molecule has 13 heteroatoms. The van der Waals surface area contributed by atoms with Gasteiger partial charge in [0.1, 0.15) is 22.1 Å². The van der Waals surface area contributed by atoms with Crippen LogP contribution < -0.4 is 10.1 Å². The number of para-hydroxylation sites is 1. The van der Waals surface area contributed by atoms with Crippen LogP contribution in [0, 0.1) is 28.6 Å². The third kappa shape index (κ3) is 9.98. The maximum Gasteiger partial charge on any atom is 0.433 e. The highest BCUT2D eigenvalue weighted by Crippen LogP contribution is 2.60. The molecule has 2 aromatic rings. The van der Waals surface area contributed by atoms with Crippen molar-refractivity contribution in [1.29, 1.82) is 5.26 Å². The van der Waals surface area contributed by atoms with Crippen LogP contribution >= 0.6 is 35.0 Å². The fourth-order valence-electron chi connectivity index (χ4n) is 3.78. The van der Waals surface area contributed by atoms with E-state index in [0.29, 0.717) is 17.1 Å². The first-order chi connectivity index (χ1) is 19.8. The lowest BCUT2D eigenvalue weighted by Crippen LogP contribution is -2.28. The smallest absolute Gasteiger partial charge is 0.433 e. The van der Waals surface area contributed by atoms with E-state index >= 15 is 0 Å². The van der Waals surface area contributed by atoms with Crippen LogP contribution in [0.15, 0.2) is 70.3 Å². The summed E-state index contributed by atoms with van der Waals surface area (Å²) in [5.74, 6) is -0.0150. The quantitative estimate of drug-likeness (QED) is 0.124. The molecule has 1 fully saturated rings. The van der Waals surface area contributed by atoms with Gasteiger partial charge in [0.2, 0.25) is 11.1 Å². The van der Waals surface area contributed by atoms with Crippen molar-refractivity contribution in [1.82, 2.24) is 10.2 Å². The molecule has 224 valence electrons. The van der Waals surface area contributed by atoms with Gasteiger partial charge < -0.3 is 19.7 Å². The standard InChI is InChI=1S/C22H19Cl2NO3.C7H13N3O3S/c1-22(2)17(12-19(23)24)20(22)21(26)28-18(13-25)14-7-6-10-16(11-14)27-15-8-4-3-5-9-15;1-8-7(12)13-9-5(14-4)6(11)10(2)3/h3-12,17-18,20H,1-2H3;1-4H3,(H,8,12)/t17-,18?,20+;/m1./s1. The van der Waals surface area contributed by atoms with E-state index in [9.17, 15) is 19.6 Å². The molecule has 0 spiro atoms. The van der Waals surface area contributed by atoms with Gasteiger partial charge in [-0.3, -0.25) is 14.4 Å². The van der Waals surface area contributed by atoms with E-state index in [1.807, 2.05) is 50.2 Å². The van der Waals surface area contributed by atoms with E-state index < -0.39 is 18.2 Å². The van der Waals surface area contributed by atoms with Gasteiger partial charge in [0.25, 0.3) is 5.91 Å². The second-order valence-corrected chi connectivity index (χ2v) is 11.4. The summed E-state index contributed by atoms with van der Waals surface area (Å²) in [4.78, 5) is 40.3. The van der Waals surface area contributed by atoms with Gasteiger partial charge in [-0.05, 0) is 47.9 Å². The van der Waals surface area contributed by atoms with Gasteiger partial charge in [-0.15, -0.1) is 11.8 Å². The number of benzene rings is 2. The fourth-order valence-corrected chi connectivity index (χ4v) is 4.52. The third-order valence-corrected chi connectivity index (χ3v) is 7.05. The molecule has 0 radical (unpaired) electrons. The fraction of sp³-hybridized carbons (Fsp3) is 0.345. The number of halogens is 2. The molecule has 0 aromatic heterocycles. The summed E-state index contributed by atoms with van der Waals surface area (Å²) in [5.41, 5.74) is 0.231. The molecule has 42 heavy (non-hydrogen) atoms. The summed E-state index contributed by atoms with van der Waals surface area (Å²) < 4.78 is 11.4. The number of hydrogen-bond acceptors (Lipinski definition) is 9. The SMILES string of the molecule is CC1(C)[C@H](C=C(Cl)Cl)[C@H]1C(=O)OC(C#N)c1cccc(Oc2ccccc2)c1.CNC(=O)ON=C(SC)C(=O)N(C)C. The highest BCUT2D eigenvalue weighted by Gasteiger charge is 2.62. The largest absolute Gasteiger partial charge is 0.457 e. The zero-order chi connectivity index (χ0) is 31.4. The lowest BCUT2D eigenvalue weighted by atomic mass is 10.1. The molecule has 1 aliphatic carbocycles. The first kappa shape index (κ1) is 34.5. The van der Waals surface area contributed by atoms with Crippen molar-refractivity contribution in [3.05, 3.63) is 70.7 Å². The average Bonchev–Trinajstić information content (AvgIpc) is 3.50. The highest BCUT2D eigenvalue weighted by molar-refractivity contribution is 8.15. The maximum absolute atomic E-state index is 12.6. The number of esters is 1. The van der Waals surface area contributed by atoms with Gasteiger partial charge in [-0.2, -0.15) is 5.26 Å². The Bertz CT molecular complexity index is 1360. The summed E-state index contributed by atoms with van der Waals surface area (Å²) >= 11 is 12.6. The minimum absolute atomic E-state index is 0.114. The van der Waals surface area contributed by atoms with Crippen LogP contribution in [0.1, 0.15) is 25.5 Å². The van der Waals surface area contributed by atoms with Crippen LogP contribution in [0.3, 0.4) is 0 Å². The van der Waals surface area contributed by atoms with Crippen LogP contribution in [-0.4, -0.2) is 55.3 Å².